The molecule has 3 aliphatic carbocycles. The van der Waals surface area contributed by atoms with E-state index in [9.17, 15) is 0 Å². The van der Waals surface area contributed by atoms with Gasteiger partial charge < -0.3 is 13.7 Å². The Hall–Kier alpha value is -13.8. The summed E-state index contributed by atoms with van der Waals surface area (Å²) in [5.41, 5.74) is 29.9. The third kappa shape index (κ3) is 15.5. The third-order valence-corrected chi connectivity index (χ3v) is 32.3. The van der Waals surface area contributed by atoms with E-state index in [0.717, 1.165) is 4.47 Å². The van der Waals surface area contributed by atoms with Crippen LogP contribution >= 0.6 is 28.7 Å². The smallest absolute Gasteiger partial charge is 0 e. The first-order valence-corrected chi connectivity index (χ1v) is 50.9. The van der Waals surface area contributed by atoms with Gasteiger partial charge in [-0.15, -0.1) is 0 Å². The molecule has 4 nitrogen and oxygen atoms in total. The van der Waals surface area contributed by atoms with E-state index in [0.29, 0.717) is 0 Å². The molecule has 0 amide bonds. The van der Waals surface area contributed by atoms with Gasteiger partial charge in [-0.25, -0.2) is 0 Å². The number of nitrogens with zero attached hydrogens (tertiary/aromatic N) is 4. The summed E-state index contributed by atoms with van der Waals surface area (Å²) in [6, 6.07) is 149. The van der Waals surface area contributed by atoms with Crippen molar-refractivity contribution in [2.24, 2.45) is 4.30 Å². The van der Waals surface area contributed by atoms with Crippen molar-refractivity contribution < 1.29 is 0 Å². The van der Waals surface area contributed by atoms with E-state index < -0.39 is 38.3 Å². The Kier molecular flexibility index (Phi) is 24.7. The SMILES string of the molecule is C.CC1(C)c2ccccc2-c2cc3c4cc(-c5ccccc5)ccc4n(-c4ccc5c6ccccc6c6ccccc6c5c4)c3cc21.CC1(C)c2ccccc2-c2cc3c4cc(Br)ccc4n(-c4ccc5c6ccccc6c6ccccc6c5c4)c3cc21.CC1(C)c2ccccc2-c2cc3c4ccccc4n(-c4ccc5c6ccccc6c6ccccc6c5c4)c3cc21.[B]=NS.[B][B]B([B])B(B([B])[B])B(B([B])[B])B([B])[B]. The van der Waals surface area contributed by atoms with Crippen LogP contribution in [0.2, 0.25) is 0 Å². The summed E-state index contributed by atoms with van der Waals surface area (Å²) < 4.78 is 11.2. The second-order valence-corrected chi connectivity index (χ2v) is 41.9. The van der Waals surface area contributed by atoms with E-state index in [1.807, 2.05) is 0 Å². The van der Waals surface area contributed by atoms with E-state index in [1.54, 1.807) is 0 Å². The molecule has 0 spiro atoms. The van der Waals surface area contributed by atoms with Crippen molar-refractivity contribution in [2.75, 3.05) is 0 Å². The number of halogens is 1. The standard InChI is InChI=1S/C45H31N.C39H26BrN.C39H27N.CH4.B15.BHNS/c1-45(2)41-19-11-10-18-36(41)38-26-40-39-24-29(28-12-4-3-5-13-28)20-23-43(39)46(44(40)27-42(38)45)30-21-22-35-33-16-7-6-14-31(33)32-15-8-9-17-34(32)37(35)25-30;1-39(2)35-14-8-7-13-30(35)32-21-34-33-19-23(40)15-18-37(33)41(38(34)22-36(32)39)24-16-17-29-27-11-4-3-9-25(27)26-10-5-6-12-28(26)31(29)20-24;1-39(2)35-17-9-7-15-30(35)33-22-34-31-16-8-10-18-37(31)40(38(34)23-36(33)39)24-19-20-29-27-13-4-3-11-25(27)26-12-5-6-14-28(26)32(29)21-24;;1-9-13(8)15(12(6)7)14(10(2)3)11(4)5;1-2-3/h3-27H,1-2H3;3-22H,1-2H3;3-23H,1-2H3;1H4;;3H. The van der Waals surface area contributed by atoms with E-state index in [-0.39, 0.29) is 23.7 Å². The van der Waals surface area contributed by atoms with E-state index in [4.69, 9.17) is 61.9 Å². The van der Waals surface area contributed by atoms with Crippen LogP contribution in [0.5, 0.6) is 0 Å². The van der Waals surface area contributed by atoms with E-state index >= 15 is 0 Å². The number of para-hydroxylation sites is 1. The van der Waals surface area contributed by atoms with Crippen molar-refractivity contribution in [1.82, 2.24) is 13.7 Å². The van der Waals surface area contributed by atoms with E-state index in [2.05, 4.69) is 496 Å². The maximum Gasteiger partial charge on any atom is 0 e. The zero-order chi connectivity index (χ0) is 99.5. The molecule has 0 N–H and O–H groups in total. The second kappa shape index (κ2) is 37.6. The first kappa shape index (κ1) is 95.8. The van der Waals surface area contributed by atoms with Crippen LogP contribution in [0, 0.1) is 0 Å². The minimum absolute atomic E-state index is 0. The van der Waals surface area contributed by atoms with Gasteiger partial charge in [0.15, 0.2) is 0 Å². The van der Waals surface area contributed by atoms with Gasteiger partial charge >= 0.3 is 24.8 Å². The number of fused-ring (bicyclic) bond motifs is 36. The van der Waals surface area contributed by atoms with Crippen molar-refractivity contribution in [2.45, 2.75) is 65.2 Å². The van der Waals surface area contributed by atoms with Crippen LogP contribution in [0.3, 0.4) is 0 Å². The van der Waals surface area contributed by atoms with Crippen LogP contribution in [0.1, 0.15) is 82.3 Å². The van der Waals surface area contributed by atoms with Crippen LogP contribution in [0.15, 0.2) is 409 Å². The van der Waals surface area contributed by atoms with Crippen LogP contribution in [-0.2, 0) is 16.2 Å². The molecule has 0 unspecified atom stereocenters. The third-order valence-electron chi connectivity index (χ3n) is 31.8. The molecule has 3 aliphatic rings. The molecule has 0 aliphatic heterocycles. The molecular weight excluding hydrogens is 1830 g/mol. The molecule has 22 aromatic carbocycles. The number of thiol groups is 1. The Balaban J connectivity index is 0.000000111. The fourth-order valence-corrected chi connectivity index (χ4v) is 25.3. The zero-order valence-electron chi connectivity index (χ0n) is 81.5. The van der Waals surface area contributed by atoms with Crippen LogP contribution in [0.4, 0.5) is 0 Å². The Bertz CT molecular complexity index is 9560. The first-order chi connectivity index (χ1) is 70.4. The maximum atomic E-state index is 5.73. The topological polar surface area (TPSA) is 27.1 Å². The van der Waals surface area contributed by atoms with E-state index in [1.165, 1.54) is 264 Å². The van der Waals surface area contributed by atoms with Gasteiger partial charge in [-0.3, -0.25) is 0 Å². The molecule has 28 rings (SSSR count). The monoisotopic (exact) mass is 1920 g/mol. The van der Waals surface area contributed by atoms with Gasteiger partial charge in [0.05, 0.1) is 33.1 Å². The number of hydrogen-bond acceptors (Lipinski definition) is 2. The van der Waals surface area contributed by atoms with Crippen LogP contribution in [-0.4, -0.2) is 129 Å². The molecule has 18 radical (unpaired) electrons. The molecule has 3 aromatic heterocycles. The minimum atomic E-state index is -0.754. The quantitative estimate of drug-likeness (QED) is 0.0803. The van der Waals surface area contributed by atoms with Gasteiger partial charge in [-0.1, -0.05) is 356 Å². The van der Waals surface area contributed by atoms with Crippen LogP contribution in [0.25, 0.3) is 224 Å². The fourth-order valence-electron chi connectivity index (χ4n) is 25.0. The van der Waals surface area contributed by atoms with Crippen molar-refractivity contribution in [3.8, 4) is 61.6 Å². The molecule has 0 fully saturated rings. The maximum absolute atomic E-state index is 5.73. The zero-order valence-corrected chi connectivity index (χ0v) is 83.9. The summed E-state index contributed by atoms with van der Waals surface area (Å²) in [5.74, 6) is 0. The molecule has 0 saturated carbocycles. The van der Waals surface area contributed by atoms with Gasteiger partial charge in [-0.05, 0) is 284 Å². The Morgan fingerprint density at radius 1 is 0.240 bits per heavy atom. The van der Waals surface area contributed by atoms with Crippen LogP contribution < -0.4 is 0 Å². The largest absolute Gasteiger partial charge is 0 e. The molecule has 146 heavy (non-hydrogen) atoms. The summed E-state index contributed by atoms with van der Waals surface area (Å²) in [5, 5.41) is 31.1. The van der Waals surface area contributed by atoms with Gasteiger partial charge in [-0.2, -0.15) is 0 Å². The Morgan fingerprint density at radius 3 is 0.829 bits per heavy atom. The Labute approximate surface area is 881 Å². The molecule has 22 heteroatoms. The normalized spacial score (nSPS) is 13.0. The molecule has 0 atom stereocenters. The van der Waals surface area contributed by atoms with Crippen molar-refractivity contribution >= 4 is 306 Å². The van der Waals surface area contributed by atoms with Gasteiger partial charge in [0.25, 0.3) is 0 Å². The minimum Gasteiger partial charge on any atom is 0 e. The fraction of sp³-hybridized carbons (Fsp3) is 0.0806. The predicted molar refractivity (Wildman–Crippen MR) is 656 cm³/mol. The van der Waals surface area contributed by atoms with Gasteiger partial charge in [0.1, 0.15) is 0 Å². The molecule has 3 heterocycles. The molecule has 25 aromatic rings. The molecule has 0 bridgehead atoms. The summed E-state index contributed by atoms with van der Waals surface area (Å²) in [4.78, 5) is 0. The summed E-state index contributed by atoms with van der Waals surface area (Å²) in [6.45, 7) is 14.2. The van der Waals surface area contributed by atoms with Gasteiger partial charge in [0.2, 0.25) is 0 Å². The molecule has 666 valence electrons. The van der Waals surface area contributed by atoms with Crippen molar-refractivity contribution in [3.63, 3.8) is 0 Å². The number of rotatable bonds is 10. The van der Waals surface area contributed by atoms with Crippen molar-refractivity contribution in [3.05, 3.63) is 438 Å². The summed E-state index contributed by atoms with van der Waals surface area (Å²) >= 11 is 6.95. The molecular formula is C124H89B16BrN4S. The average Bonchev–Trinajstić information content (AvgIpc) is 1.54. The second-order valence-electron chi connectivity index (χ2n) is 40.8. The average molecular weight is 1920 g/mol. The molecule has 0 saturated heterocycles. The predicted octanol–water partition coefficient (Wildman–Crippen LogP) is 29.2. The first-order valence-electron chi connectivity index (χ1n) is 49.7. The Morgan fingerprint density at radius 2 is 0.500 bits per heavy atom. The van der Waals surface area contributed by atoms with Crippen molar-refractivity contribution in [1.29, 1.82) is 0 Å². The summed E-state index contributed by atoms with van der Waals surface area (Å²) in [7, 11) is 50.1. The number of hydrogen-bond donors (Lipinski definition) is 1. The number of aromatic nitrogens is 3. The van der Waals surface area contributed by atoms with Gasteiger partial charge in [0, 0.05) is 177 Å². The number of benzene rings is 22. The summed E-state index contributed by atoms with van der Waals surface area (Å²) in [6.07, 6.45) is -3.77.